The Hall–Kier alpha value is -1.42. The van der Waals surface area contributed by atoms with E-state index < -0.39 is 15.1 Å². The zero-order valence-electron chi connectivity index (χ0n) is 12.9. The first-order valence-electron chi connectivity index (χ1n) is 7.50. The van der Waals surface area contributed by atoms with E-state index in [2.05, 4.69) is 5.32 Å². The molecule has 1 aliphatic heterocycles. The van der Waals surface area contributed by atoms with E-state index in [9.17, 15) is 13.2 Å². The highest BCUT2D eigenvalue weighted by molar-refractivity contribution is 7.93. The molecule has 1 N–H and O–H groups in total. The second-order valence-corrected chi connectivity index (χ2v) is 9.55. The molecule has 3 heterocycles. The normalized spacial score (nSPS) is 16.8. The molecule has 2 amide bonds. The summed E-state index contributed by atoms with van der Waals surface area (Å²) >= 11 is 2.58. The molecule has 6 nitrogen and oxygen atoms in total. The van der Waals surface area contributed by atoms with E-state index in [0.717, 1.165) is 4.88 Å². The number of sulfone groups is 1. The Morgan fingerprint density at radius 1 is 1.21 bits per heavy atom. The summed E-state index contributed by atoms with van der Waals surface area (Å²) in [7, 11) is -3.54. The van der Waals surface area contributed by atoms with Crippen LogP contribution in [0.25, 0.3) is 0 Å². The Morgan fingerprint density at radius 3 is 2.54 bits per heavy atom. The van der Waals surface area contributed by atoms with Crippen LogP contribution in [0.5, 0.6) is 0 Å². The van der Waals surface area contributed by atoms with E-state index in [1.165, 1.54) is 22.7 Å². The Balaban J connectivity index is 1.75. The SMILES string of the molecule is O=C(NCC(c1cccs1)S(=O)(=O)c1cccs1)N1CCOCC1. The third-order valence-electron chi connectivity index (χ3n) is 3.75. The van der Waals surface area contributed by atoms with Gasteiger partial charge in [0, 0.05) is 24.5 Å². The Morgan fingerprint density at radius 2 is 1.92 bits per heavy atom. The molecule has 1 unspecified atom stereocenters. The maximum Gasteiger partial charge on any atom is 0.317 e. The van der Waals surface area contributed by atoms with Crippen LogP contribution in [0.4, 0.5) is 4.79 Å². The zero-order chi connectivity index (χ0) is 17.0. The standard InChI is InChI=1S/C15H18N2O4S3/c18-15(17-5-7-21-8-6-17)16-11-13(12-3-1-9-22-12)24(19,20)14-4-2-10-23-14/h1-4,9-10,13H,5-8,11H2,(H,16,18). The van der Waals surface area contributed by atoms with Gasteiger partial charge >= 0.3 is 6.03 Å². The lowest BCUT2D eigenvalue weighted by atomic mass is 10.3. The minimum absolute atomic E-state index is 0.0525. The highest BCUT2D eigenvalue weighted by Crippen LogP contribution is 2.33. The third-order valence-corrected chi connectivity index (χ3v) is 8.40. The van der Waals surface area contributed by atoms with Crippen LogP contribution < -0.4 is 5.32 Å². The molecule has 1 aliphatic rings. The van der Waals surface area contributed by atoms with Crippen molar-refractivity contribution in [3.05, 3.63) is 39.9 Å². The largest absolute Gasteiger partial charge is 0.378 e. The van der Waals surface area contributed by atoms with Crippen molar-refractivity contribution in [3.63, 3.8) is 0 Å². The van der Waals surface area contributed by atoms with Crippen molar-refractivity contribution in [1.29, 1.82) is 0 Å². The van der Waals surface area contributed by atoms with Gasteiger partial charge in [0.2, 0.25) is 0 Å². The van der Waals surface area contributed by atoms with Crippen LogP contribution in [0.1, 0.15) is 10.1 Å². The average molecular weight is 387 g/mol. The van der Waals surface area contributed by atoms with Gasteiger partial charge in [0.1, 0.15) is 9.46 Å². The van der Waals surface area contributed by atoms with Gasteiger partial charge in [0.25, 0.3) is 0 Å². The van der Waals surface area contributed by atoms with Crippen LogP contribution in [-0.4, -0.2) is 52.2 Å². The monoisotopic (exact) mass is 386 g/mol. The highest BCUT2D eigenvalue weighted by Gasteiger charge is 2.31. The number of ether oxygens (including phenoxy) is 1. The molecule has 0 aromatic carbocycles. The molecular weight excluding hydrogens is 368 g/mol. The number of nitrogens with zero attached hydrogens (tertiary/aromatic N) is 1. The summed E-state index contributed by atoms with van der Waals surface area (Å²) in [5.41, 5.74) is 0. The predicted octanol–water partition coefficient (Wildman–Crippen LogP) is 2.37. The van der Waals surface area contributed by atoms with Crippen LogP contribution in [0.2, 0.25) is 0 Å². The molecular formula is C15H18N2O4S3. The van der Waals surface area contributed by atoms with Crippen molar-refractivity contribution in [2.24, 2.45) is 0 Å². The van der Waals surface area contributed by atoms with E-state index in [0.29, 0.717) is 30.5 Å². The van der Waals surface area contributed by atoms with Crippen LogP contribution in [0.15, 0.2) is 39.2 Å². The molecule has 0 aliphatic carbocycles. The molecule has 0 radical (unpaired) electrons. The van der Waals surface area contributed by atoms with Crippen molar-refractivity contribution in [1.82, 2.24) is 10.2 Å². The van der Waals surface area contributed by atoms with Crippen molar-refractivity contribution >= 4 is 38.5 Å². The predicted molar refractivity (Wildman–Crippen MR) is 94.4 cm³/mol. The number of carbonyl (C=O) groups is 1. The second kappa shape index (κ2) is 7.64. The number of rotatable bonds is 5. The molecule has 24 heavy (non-hydrogen) atoms. The summed E-state index contributed by atoms with van der Waals surface area (Å²) in [6, 6.07) is 6.68. The van der Waals surface area contributed by atoms with Gasteiger partial charge in [-0.2, -0.15) is 0 Å². The first-order chi connectivity index (χ1) is 11.6. The van der Waals surface area contributed by atoms with Crippen molar-refractivity contribution < 1.29 is 17.9 Å². The Labute approximate surface area is 149 Å². The van der Waals surface area contributed by atoms with Gasteiger partial charge in [-0.25, -0.2) is 13.2 Å². The molecule has 3 rings (SSSR count). The molecule has 2 aromatic rings. The van der Waals surface area contributed by atoms with Crippen LogP contribution in [-0.2, 0) is 14.6 Å². The maximum atomic E-state index is 12.9. The molecule has 130 valence electrons. The van der Waals surface area contributed by atoms with E-state index in [4.69, 9.17) is 4.74 Å². The minimum Gasteiger partial charge on any atom is -0.378 e. The Bertz CT molecular complexity index is 751. The number of morpholine rings is 1. The molecule has 2 aromatic heterocycles. The van der Waals surface area contributed by atoms with Crippen LogP contribution in [0.3, 0.4) is 0 Å². The zero-order valence-corrected chi connectivity index (χ0v) is 15.3. The Kier molecular flexibility index (Phi) is 5.54. The van der Waals surface area contributed by atoms with Crippen molar-refractivity contribution in [2.45, 2.75) is 9.46 Å². The summed E-state index contributed by atoms with van der Waals surface area (Å²) in [5.74, 6) is 0. The third kappa shape index (κ3) is 3.80. The van der Waals surface area contributed by atoms with E-state index in [1.807, 2.05) is 11.4 Å². The van der Waals surface area contributed by atoms with Crippen molar-refractivity contribution in [2.75, 3.05) is 32.8 Å². The van der Waals surface area contributed by atoms with Crippen LogP contribution >= 0.6 is 22.7 Å². The second-order valence-electron chi connectivity index (χ2n) is 5.27. The summed E-state index contributed by atoms with van der Waals surface area (Å²) in [6.07, 6.45) is 0. The quantitative estimate of drug-likeness (QED) is 0.856. The number of hydrogen-bond acceptors (Lipinski definition) is 6. The first kappa shape index (κ1) is 17.4. The number of hydrogen-bond donors (Lipinski definition) is 1. The fourth-order valence-corrected chi connectivity index (χ4v) is 6.45. The molecule has 9 heteroatoms. The fourth-order valence-electron chi connectivity index (χ4n) is 2.46. The topological polar surface area (TPSA) is 75.7 Å². The van der Waals surface area contributed by atoms with Gasteiger partial charge in [-0.15, -0.1) is 22.7 Å². The lowest BCUT2D eigenvalue weighted by molar-refractivity contribution is 0.0532. The number of thiophene rings is 2. The summed E-state index contributed by atoms with van der Waals surface area (Å²) in [5, 5.41) is 5.58. The molecule has 1 atom stereocenters. The fraction of sp³-hybridized carbons (Fsp3) is 0.400. The summed E-state index contributed by atoms with van der Waals surface area (Å²) in [6.45, 7) is 2.11. The van der Waals surface area contributed by atoms with E-state index in [1.54, 1.807) is 28.5 Å². The average Bonchev–Trinajstić information content (AvgIpc) is 3.29. The number of carbonyl (C=O) groups excluding carboxylic acids is 1. The lowest BCUT2D eigenvalue weighted by Crippen LogP contribution is -2.47. The number of urea groups is 1. The molecule has 0 bridgehead atoms. The van der Waals surface area contributed by atoms with Crippen LogP contribution in [0, 0.1) is 0 Å². The van der Waals surface area contributed by atoms with Gasteiger partial charge in [0.05, 0.1) is 13.2 Å². The van der Waals surface area contributed by atoms with Gasteiger partial charge < -0.3 is 15.0 Å². The number of amides is 2. The van der Waals surface area contributed by atoms with E-state index in [-0.39, 0.29) is 12.6 Å². The molecule has 1 fully saturated rings. The molecule has 0 saturated carbocycles. The first-order valence-corrected chi connectivity index (χ1v) is 10.8. The van der Waals surface area contributed by atoms with Crippen molar-refractivity contribution in [3.8, 4) is 0 Å². The van der Waals surface area contributed by atoms with Gasteiger partial charge in [-0.05, 0) is 22.9 Å². The van der Waals surface area contributed by atoms with Gasteiger partial charge in [-0.3, -0.25) is 0 Å². The van der Waals surface area contributed by atoms with Gasteiger partial charge in [0.15, 0.2) is 9.84 Å². The lowest BCUT2D eigenvalue weighted by Gasteiger charge is -2.27. The molecule has 1 saturated heterocycles. The maximum absolute atomic E-state index is 12.9. The summed E-state index contributed by atoms with van der Waals surface area (Å²) in [4.78, 5) is 14.6. The smallest absolute Gasteiger partial charge is 0.317 e. The number of nitrogens with one attached hydrogen (secondary N) is 1. The molecule has 0 spiro atoms. The highest BCUT2D eigenvalue weighted by atomic mass is 32.2. The van der Waals surface area contributed by atoms with Gasteiger partial charge in [-0.1, -0.05) is 12.1 Å². The summed E-state index contributed by atoms with van der Waals surface area (Å²) < 4.78 is 31.4. The minimum atomic E-state index is -3.54. The van der Waals surface area contributed by atoms with E-state index >= 15 is 0 Å².